The zero-order valence-corrected chi connectivity index (χ0v) is 8.70. The summed E-state index contributed by atoms with van der Waals surface area (Å²) in [5.74, 6) is -0.220. The predicted octanol–water partition coefficient (Wildman–Crippen LogP) is 1.31. The van der Waals surface area contributed by atoms with E-state index in [1.807, 2.05) is 0 Å². The summed E-state index contributed by atoms with van der Waals surface area (Å²) in [6.45, 7) is 3.88. The van der Waals surface area contributed by atoms with Crippen LogP contribution in [0.15, 0.2) is 0 Å². The molecule has 1 spiro atoms. The maximum Gasteiger partial charge on any atom is 0.169 e. The quantitative estimate of drug-likeness (QED) is 0.650. The molecule has 0 radical (unpaired) electrons. The Balaban J connectivity index is 0.000000845. The van der Waals surface area contributed by atoms with Crippen LogP contribution in [0.4, 0.5) is 0 Å². The largest absolute Gasteiger partial charge is 0.350 e. The van der Waals surface area contributed by atoms with Crippen LogP contribution >= 0.6 is 12.4 Å². The average molecular weight is 208 g/mol. The molecule has 0 bridgehead atoms. The van der Waals surface area contributed by atoms with Gasteiger partial charge >= 0.3 is 0 Å². The van der Waals surface area contributed by atoms with Crippen molar-refractivity contribution in [2.75, 3.05) is 26.3 Å². The lowest BCUT2D eigenvalue weighted by Crippen LogP contribution is -2.41. The molecule has 2 saturated heterocycles. The van der Waals surface area contributed by atoms with Crippen molar-refractivity contribution in [1.82, 2.24) is 5.32 Å². The number of halogens is 1. The number of hydrogen-bond acceptors (Lipinski definition) is 3. The predicted molar refractivity (Wildman–Crippen MR) is 53.2 cm³/mol. The Hall–Kier alpha value is 0.170. The van der Waals surface area contributed by atoms with E-state index in [0.717, 1.165) is 45.6 Å². The SMILES string of the molecule is C1COC2(CCCNCC2)OC1.Cl. The van der Waals surface area contributed by atoms with E-state index in [1.165, 1.54) is 6.42 Å². The fraction of sp³-hybridized carbons (Fsp3) is 1.00. The minimum absolute atomic E-state index is 0. The van der Waals surface area contributed by atoms with Gasteiger partial charge in [0.05, 0.1) is 13.2 Å². The third-order valence-corrected chi connectivity index (χ3v) is 2.61. The second-order valence-electron chi connectivity index (χ2n) is 3.56. The summed E-state index contributed by atoms with van der Waals surface area (Å²) in [4.78, 5) is 0. The molecular weight excluding hydrogens is 190 g/mol. The van der Waals surface area contributed by atoms with Crippen molar-refractivity contribution >= 4 is 12.4 Å². The summed E-state index contributed by atoms with van der Waals surface area (Å²) in [7, 11) is 0. The van der Waals surface area contributed by atoms with Gasteiger partial charge in [-0.2, -0.15) is 0 Å². The van der Waals surface area contributed by atoms with E-state index in [-0.39, 0.29) is 18.2 Å². The van der Waals surface area contributed by atoms with Gasteiger partial charge in [-0.3, -0.25) is 0 Å². The molecule has 3 nitrogen and oxygen atoms in total. The number of hydrogen-bond donors (Lipinski definition) is 1. The highest BCUT2D eigenvalue weighted by atomic mass is 35.5. The molecule has 2 aliphatic heterocycles. The van der Waals surface area contributed by atoms with Gasteiger partial charge in [-0.1, -0.05) is 0 Å². The van der Waals surface area contributed by atoms with Crippen molar-refractivity contribution < 1.29 is 9.47 Å². The molecule has 0 aromatic heterocycles. The summed E-state index contributed by atoms with van der Waals surface area (Å²) in [6, 6.07) is 0. The molecule has 2 rings (SSSR count). The smallest absolute Gasteiger partial charge is 0.169 e. The van der Waals surface area contributed by atoms with Gasteiger partial charge < -0.3 is 14.8 Å². The molecule has 2 aliphatic rings. The second-order valence-corrected chi connectivity index (χ2v) is 3.56. The van der Waals surface area contributed by atoms with E-state index in [2.05, 4.69) is 5.32 Å². The Labute approximate surface area is 85.6 Å². The molecule has 2 heterocycles. The van der Waals surface area contributed by atoms with Gasteiger partial charge in [0, 0.05) is 19.4 Å². The maximum atomic E-state index is 5.72. The minimum atomic E-state index is -0.220. The fourth-order valence-electron chi connectivity index (χ4n) is 1.92. The zero-order chi connectivity index (χ0) is 8.28. The van der Waals surface area contributed by atoms with E-state index in [9.17, 15) is 0 Å². The van der Waals surface area contributed by atoms with Crippen molar-refractivity contribution in [2.45, 2.75) is 31.5 Å². The first-order chi connectivity index (χ1) is 5.91. The number of rotatable bonds is 0. The summed E-state index contributed by atoms with van der Waals surface area (Å²) < 4.78 is 11.4. The second kappa shape index (κ2) is 5.15. The summed E-state index contributed by atoms with van der Waals surface area (Å²) in [5.41, 5.74) is 0. The monoisotopic (exact) mass is 207 g/mol. The van der Waals surface area contributed by atoms with Crippen molar-refractivity contribution in [1.29, 1.82) is 0 Å². The lowest BCUT2D eigenvalue weighted by atomic mass is 10.1. The molecule has 0 amide bonds. The Bertz CT molecular complexity index is 139. The normalized spacial score (nSPS) is 27.7. The van der Waals surface area contributed by atoms with Crippen molar-refractivity contribution in [3.63, 3.8) is 0 Å². The third-order valence-electron chi connectivity index (χ3n) is 2.61. The highest BCUT2D eigenvalue weighted by Gasteiger charge is 2.34. The summed E-state index contributed by atoms with van der Waals surface area (Å²) >= 11 is 0. The van der Waals surface area contributed by atoms with Crippen LogP contribution in [0, 0.1) is 0 Å². The van der Waals surface area contributed by atoms with Crippen LogP contribution in [-0.4, -0.2) is 32.1 Å². The van der Waals surface area contributed by atoms with Crippen molar-refractivity contribution in [3.05, 3.63) is 0 Å². The third kappa shape index (κ3) is 2.81. The molecule has 4 heteroatoms. The van der Waals surface area contributed by atoms with E-state index >= 15 is 0 Å². The lowest BCUT2D eigenvalue weighted by Gasteiger charge is -2.36. The minimum Gasteiger partial charge on any atom is -0.350 e. The van der Waals surface area contributed by atoms with Gasteiger partial charge in [0.15, 0.2) is 5.79 Å². The number of ether oxygens (including phenoxy) is 2. The Morgan fingerprint density at radius 3 is 2.46 bits per heavy atom. The van der Waals surface area contributed by atoms with Crippen LogP contribution in [0.2, 0.25) is 0 Å². The maximum absolute atomic E-state index is 5.72. The molecule has 0 saturated carbocycles. The van der Waals surface area contributed by atoms with Crippen LogP contribution in [0.1, 0.15) is 25.7 Å². The van der Waals surface area contributed by atoms with Crippen molar-refractivity contribution in [2.24, 2.45) is 0 Å². The van der Waals surface area contributed by atoms with Gasteiger partial charge in [0.25, 0.3) is 0 Å². The molecule has 78 valence electrons. The molecule has 0 aliphatic carbocycles. The molecular formula is C9H18ClNO2. The highest BCUT2D eigenvalue weighted by Crippen LogP contribution is 2.28. The van der Waals surface area contributed by atoms with E-state index < -0.39 is 0 Å². The van der Waals surface area contributed by atoms with Crippen molar-refractivity contribution in [3.8, 4) is 0 Å². The van der Waals surface area contributed by atoms with Crippen LogP contribution < -0.4 is 5.32 Å². The van der Waals surface area contributed by atoms with E-state index in [1.54, 1.807) is 0 Å². The Morgan fingerprint density at radius 2 is 1.69 bits per heavy atom. The Morgan fingerprint density at radius 1 is 0.923 bits per heavy atom. The molecule has 0 atom stereocenters. The van der Waals surface area contributed by atoms with Crippen LogP contribution in [0.3, 0.4) is 0 Å². The molecule has 0 unspecified atom stereocenters. The number of nitrogens with one attached hydrogen (secondary N) is 1. The average Bonchev–Trinajstić information content (AvgIpc) is 2.33. The molecule has 1 N–H and O–H groups in total. The van der Waals surface area contributed by atoms with Gasteiger partial charge in [-0.15, -0.1) is 12.4 Å². The van der Waals surface area contributed by atoms with Gasteiger partial charge in [0.1, 0.15) is 0 Å². The van der Waals surface area contributed by atoms with Crippen LogP contribution in [-0.2, 0) is 9.47 Å². The van der Waals surface area contributed by atoms with Gasteiger partial charge in [-0.25, -0.2) is 0 Å². The van der Waals surface area contributed by atoms with E-state index in [4.69, 9.17) is 9.47 Å². The summed E-state index contributed by atoms with van der Waals surface area (Å²) in [5, 5.41) is 3.36. The Kier molecular flexibility index (Phi) is 4.46. The molecule has 13 heavy (non-hydrogen) atoms. The molecule has 0 aromatic carbocycles. The molecule has 2 fully saturated rings. The van der Waals surface area contributed by atoms with Gasteiger partial charge in [-0.05, 0) is 19.4 Å². The van der Waals surface area contributed by atoms with E-state index in [0.29, 0.717) is 0 Å². The standard InChI is InChI=1S/C9H17NO2.ClH/c1-3-9(4-6-10-5-1)11-7-2-8-12-9;/h10H,1-8H2;1H. The first-order valence-corrected chi connectivity index (χ1v) is 4.90. The van der Waals surface area contributed by atoms with Crippen LogP contribution in [0.25, 0.3) is 0 Å². The first-order valence-electron chi connectivity index (χ1n) is 4.90. The summed E-state index contributed by atoms with van der Waals surface area (Å²) in [6.07, 6.45) is 4.28. The zero-order valence-electron chi connectivity index (χ0n) is 7.88. The molecule has 0 aromatic rings. The lowest BCUT2D eigenvalue weighted by molar-refractivity contribution is -0.270. The van der Waals surface area contributed by atoms with Gasteiger partial charge in [0.2, 0.25) is 0 Å². The fourth-order valence-corrected chi connectivity index (χ4v) is 1.92. The van der Waals surface area contributed by atoms with Crippen LogP contribution in [0.5, 0.6) is 0 Å². The first kappa shape index (κ1) is 11.2. The highest BCUT2D eigenvalue weighted by molar-refractivity contribution is 5.85. The topological polar surface area (TPSA) is 30.5 Å².